The number of aromatic nitrogens is 1. The van der Waals surface area contributed by atoms with Crippen LogP contribution in [0.25, 0.3) is 0 Å². The van der Waals surface area contributed by atoms with Crippen LogP contribution in [0.15, 0.2) is 18.5 Å². The standard InChI is InChI=1S/C13H16ClFN2O/c14-8-13(3-1-2-4-13)9-17-12(18)10-5-11(15)7-16-6-10/h5-7H,1-4,8-9H2,(H,17,18). The molecule has 0 spiro atoms. The van der Waals surface area contributed by atoms with Gasteiger partial charge in [-0.1, -0.05) is 12.8 Å². The van der Waals surface area contributed by atoms with E-state index in [0.717, 1.165) is 31.9 Å². The van der Waals surface area contributed by atoms with Gasteiger partial charge in [0.1, 0.15) is 5.82 Å². The Bertz CT molecular complexity index is 433. The smallest absolute Gasteiger partial charge is 0.252 e. The van der Waals surface area contributed by atoms with E-state index in [1.165, 1.54) is 12.3 Å². The molecule has 0 atom stereocenters. The van der Waals surface area contributed by atoms with E-state index in [1.54, 1.807) is 0 Å². The monoisotopic (exact) mass is 270 g/mol. The fourth-order valence-corrected chi connectivity index (χ4v) is 2.75. The molecule has 18 heavy (non-hydrogen) atoms. The lowest BCUT2D eigenvalue weighted by Gasteiger charge is -2.26. The first-order valence-corrected chi connectivity index (χ1v) is 6.63. The van der Waals surface area contributed by atoms with Gasteiger partial charge >= 0.3 is 0 Å². The number of carbonyl (C=O) groups is 1. The van der Waals surface area contributed by atoms with Crippen LogP contribution in [-0.4, -0.2) is 23.3 Å². The zero-order valence-electron chi connectivity index (χ0n) is 10.1. The van der Waals surface area contributed by atoms with E-state index in [1.807, 2.05) is 0 Å². The highest BCUT2D eigenvalue weighted by molar-refractivity contribution is 6.18. The van der Waals surface area contributed by atoms with Crippen molar-refractivity contribution >= 4 is 17.5 Å². The van der Waals surface area contributed by atoms with Crippen LogP contribution in [-0.2, 0) is 0 Å². The van der Waals surface area contributed by atoms with E-state index in [0.29, 0.717) is 12.4 Å². The molecule has 5 heteroatoms. The van der Waals surface area contributed by atoms with Gasteiger partial charge in [0, 0.05) is 24.0 Å². The van der Waals surface area contributed by atoms with E-state index in [9.17, 15) is 9.18 Å². The van der Waals surface area contributed by atoms with Crippen LogP contribution in [0.2, 0.25) is 0 Å². The Kier molecular flexibility index (Phi) is 4.17. The Morgan fingerprint density at radius 1 is 1.44 bits per heavy atom. The highest BCUT2D eigenvalue weighted by Crippen LogP contribution is 2.38. The Morgan fingerprint density at radius 3 is 2.78 bits per heavy atom. The molecule has 0 unspecified atom stereocenters. The van der Waals surface area contributed by atoms with Crippen molar-refractivity contribution < 1.29 is 9.18 Å². The number of hydrogen-bond acceptors (Lipinski definition) is 2. The summed E-state index contributed by atoms with van der Waals surface area (Å²) in [5, 5.41) is 2.83. The molecule has 0 aliphatic heterocycles. The molecular weight excluding hydrogens is 255 g/mol. The summed E-state index contributed by atoms with van der Waals surface area (Å²) >= 11 is 6.00. The van der Waals surface area contributed by atoms with Crippen molar-refractivity contribution in [1.82, 2.24) is 10.3 Å². The molecule has 0 radical (unpaired) electrons. The number of nitrogens with zero attached hydrogens (tertiary/aromatic N) is 1. The first-order valence-electron chi connectivity index (χ1n) is 6.10. The van der Waals surface area contributed by atoms with Crippen LogP contribution in [0.4, 0.5) is 4.39 Å². The van der Waals surface area contributed by atoms with Gasteiger partial charge in [0.15, 0.2) is 0 Å². The molecule has 2 rings (SSSR count). The third-order valence-corrected chi connectivity index (χ3v) is 4.11. The molecule has 0 saturated heterocycles. The van der Waals surface area contributed by atoms with Gasteiger partial charge in [0.2, 0.25) is 0 Å². The normalized spacial score (nSPS) is 17.7. The number of hydrogen-bond donors (Lipinski definition) is 1. The summed E-state index contributed by atoms with van der Waals surface area (Å²) in [6.07, 6.45) is 6.83. The minimum Gasteiger partial charge on any atom is -0.351 e. The second-order valence-electron chi connectivity index (χ2n) is 4.92. The van der Waals surface area contributed by atoms with Crippen molar-refractivity contribution in [1.29, 1.82) is 0 Å². The van der Waals surface area contributed by atoms with Crippen molar-refractivity contribution in [3.63, 3.8) is 0 Å². The molecule has 1 aromatic rings. The summed E-state index contributed by atoms with van der Waals surface area (Å²) in [6, 6.07) is 1.18. The van der Waals surface area contributed by atoms with Gasteiger partial charge in [-0.2, -0.15) is 0 Å². The molecule has 1 aromatic heterocycles. The third kappa shape index (κ3) is 2.99. The number of nitrogens with one attached hydrogen (secondary N) is 1. The number of halogens is 2. The van der Waals surface area contributed by atoms with Crippen LogP contribution in [0, 0.1) is 11.2 Å². The summed E-state index contributed by atoms with van der Waals surface area (Å²) in [4.78, 5) is 15.5. The largest absolute Gasteiger partial charge is 0.351 e. The number of amides is 1. The van der Waals surface area contributed by atoms with Gasteiger partial charge < -0.3 is 5.32 Å². The lowest BCUT2D eigenvalue weighted by molar-refractivity contribution is 0.0934. The van der Waals surface area contributed by atoms with Crippen molar-refractivity contribution in [3.05, 3.63) is 29.8 Å². The summed E-state index contributed by atoms with van der Waals surface area (Å²) in [7, 11) is 0. The summed E-state index contributed by atoms with van der Waals surface area (Å²) < 4.78 is 12.9. The van der Waals surface area contributed by atoms with Gasteiger partial charge in [0.25, 0.3) is 5.91 Å². The molecule has 3 nitrogen and oxygen atoms in total. The summed E-state index contributed by atoms with van der Waals surface area (Å²) in [5.41, 5.74) is 0.260. The zero-order valence-corrected chi connectivity index (χ0v) is 10.8. The molecule has 98 valence electrons. The predicted octanol–water partition coefficient (Wildman–Crippen LogP) is 2.75. The second-order valence-corrected chi connectivity index (χ2v) is 5.18. The predicted molar refractivity (Wildman–Crippen MR) is 68.1 cm³/mol. The SMILES string of the molecule is O=C(NCC1(CCl)CCCC1)c1cncc(F)c1. The third-order valence-electron chi connectivity index (χ3n) is 3.54. The van der Waals surface area contributed by atoms with Crippen molar-refractivity contribution in [3.8, 4) is 0 Å². The minimum absolute atomic E-state index is 0.0119. The first-order chi connectivity index (χ1) is 8.65. The Labute approximate surface area is 111 Å². The molecule has 1 heterocycles. The fraction of sp³-hybridized carbons (Fsp3) is 0.538. The van der Waals surface area contributed by atoms with E-state index < -0.39 is 5.82 Å². The average Bonchev–Trinajstić information content (AvgIpc) is 2.85. The van der Waals surface area contributed by atoms with Crippen LogP contribution >= 0.6 is 11.6 Å². The zero-order chi connectivity index (χ0) is 13.0. The van der Waals surface area contributed by atoms with Gasteiger partial charge in [-0.05, 0) is 18.9 Å². The molecule has 0 bridgehead atoms. The summed E-state index contributed by atoms with van der Waals surface area (Å²) in [5.74, 6) is -0.247. The van der Waals surface area contributed by atoms with Gasteiger partial charge in [0.05, 0.1) is 11.8 Å². The average molecular weight is 271 g/mol. The first kappa shape index (κ1) is 13.3. The molecule has 1 saturated carbocycles. The van der Waals surface area contributed by atoms with Crippen LogP contribution in [0.1, 0.15) is 36.0 Å². The molecular formula is C13H16ClFN2O. The Balaban J connectivity index is 1.96. The molecule has 1 N–H and O–H groups in total. The topological polar surface area (TPSA) is 42.0 Å². The van der Waals surface area contributed by atoms with Crippen molar-refractivity contribution in [2.45, 2.75) is 25.7 Å². The lowest BCUT2D eigenvalue weighted by Crippen LogP contribution is -2.37. The van der Waals surface area contributed by atoms with Crippen LogP contribution in [0.5, 0.6) is 0 Å². The van der Waals surface area contributed by atoms with Crippen LogP contribution in [0.3, 0.4) is 0 Å². The summed E-state index contributed by atoms with van der Waals surface area (Å²) in [6.45, 7) is 0.547. The number of pyridine rings is 1. The van der Waals surface area contributed by atoms with Crippen LogP contribution < -0.4 is 5.32 Å². The molecule has 1 aliphatic carbocycles. The maximum atomic E-state index is 12.9. The van der Waals surface area contributed by atoms with Gasteiger partial charge in [-0.15, -0.1) is 11.6 Å². The second kappa shape index (κ2) is 5.65. The van der Waals surface area contributed by atoms with E-state index in [4.69, 9.17) is 11.6 Å². The van der Waals surface area contributed by atoms with Crippen molar-refractivity contribution in [2.24, 2.45) is 5.41 Å². The van der Waals surface area contributed by atoms with Crippen molar-refractivity contribution in [2.75, 3.05) is 12.4 Å². The minimum atomic E-state index is -0.504. The number of rotatable bonds is 4. The molecule has 1 fully saturated rings. The Hall–Kier alpha value is -1.16. The number of carbonyl (C=O) groups excluding carboxylic acids is 1. The van der Waals surface area contributed by atoms with Gasteiger partial charge in [-0.3, -0.25) is 9.78 Å². The maximum absolute atomic E-state index is 12.9. The fourth-order valence-electron chi connectivity index (χ4n) is 2.39. The molecule has 0 aromatic carbocycles. The van der Waals surface area contributed by atoms with E-state index >= 15 is 0 Å². The lowest BCUT2D eigenvalue weighted by atomic mass is 9.88. The van der Waals surface area contributed by atoms with E-state index in [2.05, 4.69) is 10.3 Å². The highest BCUT2D eigenvalue weighted by Gasteiger charge is 2.33. The van der Waals surface area contributed by atoms with Gasteiger partial charge in [-0.25, -0.2) is 4.39 Å². The van der Waals surface area contributed by atoms with E-state index in [-0.39, 0.29) is 16.9 Å². The molecule has 1 aliphatic rings. The molecule has 1 amide bonds. The highest BCUT2D eigenvalue weighted by atomic mass is 35.5. The Morgan fingerprint density at radius 2 is 2.17 bits per heavy atom. The number of alkyl halides is 1. The maximum Gasteiger partial charge on any atom is 0.252 e. The quantitative estimate of drug-likeness (QED) is 0.855.